The van der Waals surface area contributed by atoms with Crippen molar-refractivity contribution in [2.75, 3.05) is 13.2 Å². The van der Waals surface area contributed by atoms with Crippen molar-refractivity contribution in [2.45, 2.75) is 44.1 Å². The van der Waals surface area contributed by atoms with Gasteiger partial charge in [0.05, 0.1) is 6.61 Å². The maximum absolute atomic E-state index is 11.8. The van der Waals surface area contributed by atoms with E-state index in [1.54, 1.807) is 0 Å². The Bertz CT molecular complexity index is 373. The Morgan fingerprint density at radius 1 is 1.44 bits per heavy atom. The van der Waals surface area contributed by atoms with Gasteiger partial charge in [0.15, 0.2) is 5.82 Å². The van der Waals surface area contributed by atoms with Crippen molar-refractivity contribution >= 4 is 0 Å². The van der Waals surface area contributed by atoms with E-state index in [9.17, 15) is 8.78 Å². The molecule has 1 aliphatic carbocycles. The van der Waals surface area contributed by atoms with Gasteiger partial charge in [-0.05, 0) is 19.3 Å². The smallest absolute Gasteiger partial charge is 0.261 e. The monoisotopic (exact) mass is 261 g/mol. The predicted octanol–water partition coefficient (Wildman–Crippen LogP) is 1.49. The fourth-order valence-electron chi connectivity index (χ4n) is 2.11. The summed E-state index contributed by atoms with van der Waals surface area (Å²) in [4.78, 5) is 4.24. The molecule has 1 heterocycles. The number of nitrogens with two attached hydrogens (primary N) is 1. The standard InChI is InChI=1S/C11H17F2N3O2/c12-9(13)6-17-4-3-10-15-11(18-16-10)7-1-2-8(14)5-7/h7-9H,1-6,14H2/t7-,8+/m1/s1. The van der Waals surface area contributed by atoms with E-state index >= 15 is 0 Å². The van der Waals surface area contributed by atoms with E-state index in [4.69, 9.17) is 15.0 Å². The molecule has 0 spiro atoms. The third kappa shape index (κ3) is 3.71. The van der Waals surface area contributed by atoms with Crippen LogP contribution in [-0.4, -0.2) is 35.8 Å². The molecule has 0 aromatic carbocycles. The van der Waals surface area contributed by atoms with Crippen LogP contribution in [0.3, 0.4) is 0 Å². The molecule has 18 heavy (non-hydrogen) atoms. The van der Waals surface area contributed by atoms with Gasteiger partial charge in [-0.15, -0.1) is 0 Å². The second kappa shape index (κ2) is 6.19. The van der Waals surface area contributed by atoms with Crippen molar-refractivity contribution < 1.29 is 18.0 Å². The summed E-state index contributed by atoms with van der Waals surface area (Å²) in [6, 6.07) is 0.208. The van der Waals surface area contributed by atoms with Gasteiger partial charge in [-0.1, -0.05) is 5.16 Å². The van der Waals surface area contributed by atoms with Crippen LogP contribution >= 0.6 is 0 Å². The Kier molecular flexibility index (Phi) is 4.60. The van der Waals surface area contributed by atoms with Crippen molar-refractivity contribution in [3.05, 3.63) is 11.7 Å². The highest BCUT2D eigenvalue weighted by Gasteiger charge is 2.27. The highest BCUT2D eigenvalue weighted by Crippen LogP contribution is 2.32. The first-order valence-electron chi connectivity index (χ1n) is 6.09. The van der Waals surface area contributed by atoms with Gasteiger partial charge in [0.2, 0.25) is 5.89 Å². The molecule has 1 saturated carbocycles. The molecule has 5 nitrogen and oxygen atoms in total. The van der Waals surface area contributed by atoms with E-state index in [0.29, 0.717) is 18.1 Å². The summed E-state index contributed by atoms with van der Waals surface area (Å²) in [7, 11) is 0. The molecule has 102 valence electrons. The SMILES string of the molecule is N[C@H]1CC[C@@H](c2nc(CCOCC(F)F)no2)C1. The van der Waals surface area contributed by atoms with Gasteiger partial charge in [-0.25, -0.2) is 8.78 Å². The minimum atomic E-state index is -2.44. The van der Waals surface area contributed by atoms with Crippen LogP contribution in [-0.2, 0) is 11.2 Å². The van der Waals surface area contributed by atoms with E-state index in [0.717, 1.165) is 19.3 Å². The number of ether oxygens (including phenoxy) is 1. The van der Waals surface area contributed by atoms with Crippen molar-refractivity contribution in [1.82, 2.24) is 10.1 Å². The van der Waals surface area contributed by atoms with E-state index in [1.807, 2.05) is 0 Å². The molecule has 0 amide bonds. The van der Waals surface area contributed by atoms with Crippen LogP contribution in [0.4, 0.5) is 8.78 Å². The van der Waals surface area contributed by atoms with Gasteiger partial charge in [0.25, 0.3) is 6.43 Å². The number of hydrogen-bond donors (Lipinski definition) is 1. The number of alkyl halides is 2. The number of nitrogens with zero attached hydrogens (tertiary/aromatic N) is 2. The summed E-state index contributed by atoms with van der Waals surface area (Å²) < 4.78 is 33.6. The number of hydrogen-bond acceptors (Lipinski definition) is 5. The van der Waals surface area contributed by atoms with Crippen LogP contribution in [0.15, 0.2) is 4.52 Å². The first kappa shape index (κ1) is 13.4. The fourth-order valence-corrected chi connectivity index (χ4v) is 2.11. The minimum Gasteiger partial charge on any atom is -0.375 e. The molecule has 1 aliphatic rings. The highest BCUT2D eigenvalue weighted by molar-refractivity contribution is 4.99. The quantitative estimate of drug-likeness (QED) is 0.785. The van der Waals surface area contributed by atoms with Gasteiger partial charge in [0, 0.05) is 18.4 Å². The molecule has 0 bridgehead atoms. The average molecular weight is 261 g/mol. The first-order valence-corrected chi connectivity index (χ1v) is 6.09. The van der Waals surface area contributed by atoms with Crippen LogP contribution in [0.5, 0.6) is 0 Å². The molecule has 0 unspecified atom stereocenters. The molecule has 2 rings (SSSR count). The lowest BCUT2D eigenvalue weighted by molar-refractivity contribution is 0.0182. The normalized spacial score (nSPS) is 24.0. The van der Waals surface area contributed by atoms with Crippen LogP contribution in [0.1, 0.15) is 36.9 Å². The average Bonchev–Trinajstić information content (AvgIpc) is 2.93. The van der Waals surface area contributed by atoms with Gasteiger partial charge in [-0.3, -0.25) is 0 Å². The summed E-state index contributed by atoms with van der Waals surface area (Å²) in [5.41, 5.74) is 5.81. The Balaban J connectivity index is 1.76. The molecule has 1 aromatic rings. The van der Waals surface area contributed by atoms with Crippen molar-refractivity contribution in [2.24, 2.45) is 5.73 Å². The zero-order valence-corrected chi connectivity index (χ0v) is 10.0. The fraction of sp³-hybridized carbons (Fsp3) is 0.818. The van der Waals surface area contributed by atoms with Crippen LogP contribution in [0.2, 0.25) is 0 Å². The Labute approximate surface area is 104 Å². The number of rotatable bonds is 6. The molecule has 7 heteroatoms. The van der Waals surface area contributed by atoms with Crippen LogP contribution < -0.4 is 5.73 Å². The zero-order valence-electron chi connectivity index (χ0n) is 10.0. The Morgan fingerprint density at radius 2 is 2.28 bits per heavy atom. The molecule has 2 atom stereocenters. The Morgan fingerprint density at radius 3 is 2.94 bits per heavy atom. The highest BCUT2D eigenvalue weighted by atomic mass is 19.3. The summed E-state index contributed by atoms with van der Waals surface area (Å²) in [6.07, 6.45) is 0.745. The van der Waals surface area contributed by atoms with Crippen molar-refractivity contribution in [1.29, 1.82) is 0 Å². The zero-order chi connectivity index (χ0) is 13.0. The topological polar surface area (TPSA) is 74.2 Å². The third-order valence-electron chi connectivity index (χ3n) is 3.02. The predicted molar refractivity (Wildman–Crippen MR) is 59.4 cm³/mol. The molecule has 1 aromatic heterocycles. The summed E-state index contributed by atoms with van der Waals surface area (Å²) in [6.45, 7) is -0.379. The van der Waals surface area contributed by atoms with Gasteiger partial charge in [0.1, 0.15) is 6.61 Å². The molecular formula is C11H17F2N3O2. The van der Waals surface area contributed by atoms with E-state index in [2.05, 4.69) is 10.1 Å². The number of halogens is 2. The first-order chi connectivity index (χ1) is 8.65. The minimum absolute atomic E-state index is 0.174. The second-order valence-corrected chi connectivity index (χ2v) is 4.53. The maximum atomic E-state index is 11.8. The van der Waals surface area contributed by atoms with Gasteiger partial charge in [-0.2, -0.15) is 4.98 Å². The van der Waals surface area contributed by atoms with Gasteiger partial charge < -0.3 is 15.0 Å². The molecule has 1 fully saturated rings. The molecule has 2 N–H and O–H groups in total. The van der Waals surface area contributed by atoms with E-state index < -0.39 is 13.0 Å². The van der Waals surface area contributed by atoms with Crippen molar-refractivity contribution in [3.8, 4) is 0 Å². The van der Waals surface area contributed by atoms with Crippen LogP contribution in [0, 0.1) is 0 Å². The lowest BCUT2D eigenvalue weighted by Gasteiger charge is -2.01. The second-order valence-electron chi connectivity index (χ2n) is 4.53. The maximum Gasteiger partial charge on any atom is 0.261 e. The molecule has 0 saturated heterocycles. The third-order valence-corrected chi connectivity index (χ3v) is 3.02. The molecule has 0 radical (unpaired) electrons. The lowest BCUT2D eigenvalue weighted by atomic mass is 10.1. The summed E-state index contributed by atoms with van der Waals surface area (Å²) in [5.74, 6) is 1.34. The largest absolute Gasteiger partial charge is 0.375 e. The van der Waals surface area contributed by atoms with E-state index in [-0.39, 0.29) is 18.6 Å². The van der Waals surface area contributed by atoms with Crippen molar-refractivity contribution in [3.63, 3.8) is 0 Å². The number of aromatic nitrogens is 2. The Hall–Kier alpha value is -1.08. The summed E-state index contributed by atoms with van der Waals surface area (Å²) >= 11 is 0. The van der Waals surface area contributed by atoms with E-state index in [1.165, 1.54) is 0 Å². The molecule has 0 aliphatic heterocycles. The molecular weight excluding hydrogens is 244 g/mol. The summed E-state index contributed by atoms with van der Waals surface area (Å²) in [5, 5.41) is 3.81. The van der Waals surface area contributed by atoms with Crippen LogP contribution in [0.25, 0.3) is 0 Å². The van der Waals surface area contributed by atoms with Gasteiger partial charge >= 0.3 is 0 Å². The lowest BCUT2D eigenvalue weighted by Crippen LogP contribution is -2.14.